The number of carbonyl (C=O) groups excluding carboxylic acids is 1. The smallest absolute Gasteiger partial charge is 0.340 e. The van der Waals surface area contributed by atoms with Gasteiger partial charge in [-0.15, -0.1) is 0 Å². The Kier molecular flexibility index (Phi) is 8.55. The molecule has 0 radical (unpaired) electrons. The monoisotopic (exact) mass is 391 g/mol. The van der Waals surface area contributed by atoms with Crippen molar-refractivity contribution in [2.45, 2.75) is 93.0 Å². The third-order valence-corrected chi connectivity index (χ3v) is 4.82. The standard InChI is InChI=1S/C24H41NO3/c1-11-12-19(25-15-13-24(9,10)14-16-25)20(17(2)3)21(28-23(6,7)8)22(26)27-18(4)5/h11-12,18,21H,2,13-16H2,1,3-10H3/b12-11-,20-19-/t21-/m0/s1. The summed E-state index contributed by atoms with van der Waals surface area (Å²) in [4.78, 5) is 15.4. The largest absolute Gasteiger partial charge is 0.461 e. The number of ether oxygens (including phenoxy) is 2. The molecule has 0 N–H and O–H groups in total. The zero-order valence-electron chi connectivity index (χ0n) is 19.5. The van der Waals surface area contributed by atoms with E-state index < -0.39 is 11.7 Å². The van der Waals surface area contributed by atoms with E-state index >= 15 is 0 Å². The van der Waals surface area contributed by atoms with Gasteiger partial charge in [0.15, 0.2) is 6.10 Å². The Balaban J connectivity index is 3.47. The highest BCUT2D eigenvalue weighted by atomic mass is 16.6. The number of hydrogen-bond acceptors (Lipinski definition) is 4. The first-order valence-corrected chi connectivity index (χ1v) is 10.4. The zero-order valence-corrected chi connectivity index (χ0v) is 19.5. The van der Waals surface area contributed by atoms with Crippen LogP contribution in [-0.2, 0) is 14.3 Å². The lowest BCUT2D eigenvalue weighted by Gasteiger charge is -2.40. The number of esters is 1. The van der Waals surface area contributed by atoms with Crippen LogP contribution in [-0.4, -0.2) is 41.8 Å². The highest BCUT2D eigenvalue weighted by molar-refractivity contribution is 5.80. The number of piperidine rings is 1. The van der Waals surface area contributed by atoms with Crippen molar-refractivity contribution >= 4 is 5.97 Å². The van der Waals surface area contributed by atoms with Crippen molar-refractivity contribution in [3.8, 4) is 0 Å². The third-order valence-electron chi connectivity index (χ3n) is 4.82. The molecule has 1 heterocycles. The Morgan fingerprint density at radius 1 is 1.18 bits per heavy atom. The molecule has 0 aliphatic carbocycles. The van der Waals surface area contributed by atoms with E-state index in [0.29, 0.717) is 5.41 Å². The second kappa shape index (κ2) is 9.78. The molecule has 0 aromatic carbocycles. The predicted molar refractivity (Wildman–Crippen MR) is 117 cm³/mol. The summed E-state index contributed by atoms with van der Waals surface area (Å²) in [7, 11) is 0. The molecule has 0 amide bonds. The molecular weight excluding hydrogens is 350 g/mol. The maximum absolute atomic E-state index is 13.0. The minimum atomic E-state index is -0.805. The fourth-order valence-electron chi connectivity index (χ4n) is 3.33. The molecule has 0 aromatic rings. The van der Waals surface area contributed by atoms with E-state index in [1.165, 1.54) is 0 Å². The molecule has 1 aliphatic heterocycles. The summed E-state index contributed by atoms with van der Waals surface area (Å²) in [6.45, 7) is 24.2. The summed E-state index contributed by atoms with van der Waals surface area (Å²) < 4.78 is 11.8. The molecule has 1 rings (SSSR count). The van der Waals surface area contributed by atoms with Gasteiger partial charge in [0.25, 0.3) is 0 Å². The number of nitrogens with zero attached hydrogens (tertiary/aromatic N) is 1. The first kappa shape index (κ1) is 24.5. The number of rotatable bonds is 7. The lowest BCUT2D eigenvalue weighted by Crippen LogP contribution is -2.41. The molecule has 0 saturated carbocycles. The van der Waals surface area contributed by atoms with Gasteiger partial charge in [0, 0.05) is 24.4 Å². The Morgan fingerprint density at radius 3 is 2.11 bits per heavy atom. The molecule has 0 unspecified atom stereocenters. The lowest BCUT2D eigenvalue weighted by atomic mass is 9.82. The second-order valence-corrected chi connectivity index (χ2v) is 9.83. The molecule has 1 aliphatic rings. The van der Waals surface area contributed by atoms with E-state index in [0.717, 1.165) is 42.8 Å². The molecule has 1 atom stereocenters. The SMILES string of the molecule is C=C(C)/C(=C(\C=C/C)N1CCC(C)(C)CC1)[C@H](OC(C)(C)C)C(=O)OC(C)C. The summed E-state index contributed by atoms with van der Waals surface area (Å²) in [5, 5.41) is 0. The van der Waals surface area contributed by atoms with Gasteiger partial charge in [-0.05, 0) is 78.4 Å². The maximum Gasteiger partial charge on any atom is 0.340 e. The van der Waals surface area contributed by atoms with Crippen molar-refractivity contribution in [3.05, 3.63) is 35.6 Å². The third kappa shape index (κ3) is 7.46. The Bertz CT molecular complexity index is 610. The van der Waals surface area contributed by atoms with Gasteiger partial charge < -0.3 is 14.4 Å². The van der Waals surface area contributed by atoms with Crippen molar-refractivity contribution in [2.24, 2.45) is 5.41 Å². The minimum Gasteiger partial charge on any atom is -0.461 e. The van der Waals surface area contributed by atoms with Crippen LogP contribution in [0.3, 0.4) is 0 Å². The van der Waals surface area contributed by atoms with Crippen molar-refractivity contribution < 1.29 is 14.3 Å². The molecule has 0 aromatic heterocycles. The number of likely N-dealkylation sites (tertiary alicyclic amines) is 1. The van der Waals surface area contributed by atoms with Crippen molar-refractivity contribution in [1.82, 2.24) is 4.90 Å². The fourth-order valence-corrected chi connectivity index (χ4v) is 3.33. The number of hydrogen-bond donors (Lipinski definition) is 0. The van der Waals surface area contributed by atoms with Crippen molar-refractivity contribution in [1.29, 1.82) is 0 Å². The van der Waals surface area contributed by atoms with Gasteiger partial charge in [0.05, 0.1) is 11.7 Å². The van der Waals surface area contributed by atoms with Crippen LogP contribution in [0.1, 0.15) is 75.2 Å². The molecule has 0 bridgehead atoms. The van der Waals surface area contributed by atoms with Gasteiger partial charge in [0.2, 0.25) is 0 Å². The van der Waals surface area contributed by atoms with Crippen LogP contribution >= 0.6 is 0 Å². The maximum atomic E-state index is 13.0. The van der Waals surface area contributed by atoms with Crippen LogP contribution in [0.5, 0.6) is 0 Å². The highest BCUT2D eigenvalue weighted by Crippen LogP contribution is 2.34. The average molecular weight is 392 g/mol. The zero-order chi connectivity index (χ0) is 21.7. The summed E-state index contributed by atoms with van der Waals surface area (Å²) in [6, 6.07) is 0. The minimum absolute atomic E-state index is 0.203. The topological polar surface area (TPSA) is 38.8 Å². The van der Waals surface area contributed by atoms with Crippen LogP contribution in [0.25, 0.3) is 0 Å². The van der Waals surface area contributed by atoms with Gasteiger partial charge in [-0.3, -0.25) is 0 Å². The Hall–Kier alpha value is -1.55. The van der Waals surface area contributed by atoms with Crippen LogP contribution in [0.4, 0.5) is 0 Å². The quantitative estimate of drug-likeness (QED) is 0.415. The summed E-state index contributed by atoms with van der Waals surface area (Å²) in [5.74, 6) is -0.359. The number of carbonyl (C=O) groups is 1. The molecule has 1 saturated heterocycles. The summed E-state index contributed by atoms with van der Waals surface area (Å²) in [5.41, 5.74) is 2.51. The van der Waals surface area contributed by atoms with E-state index in [4.69, 9.17) is 9.47 Å². The van der Waals surface area contributed by atoms with Crippen LogP contribution in [0.2, 0.25) is 0 Å². The summed E-state index contributed by atoms with van der Waals surface area (Å²) in [6.07, 6.45) is 5.30. The first-order chi connectivity index (χ1) is 12.8. The van der Waals surface area contributed by atoms with Gasteiger partial charge in [-0.1, -0.05) is 26.5 Å². The van der Waals surface area contributed by atoms with E-state index in [-0.39, 0.29) is 12.1 Å². The van der Waals surface area contributed by atoms with Gasteiger partial charge in [-0.2, -0.15) is 0 Å². The molecule has 4 heteroatoms. The normalized spacial score (nSPS) is 19.6. The fraction of sp³-hybridized carbons (Fsp3) is 0.708. The highest BCUT2D eigenvalue weighted by Gasteiger charge is 2.35. The Morgan fingerprint density at radius 2 is 1.71 bits per heavy atom. The van der Waals surface area contributed by atoms with Crippen LogP contribution in [0, 0.1) is 5.41 Å². The van der Waals surface area contributed by atoms with E-state index in [1.807, 2.05) is 54.5 Å². The molecule has 160 valence electrons. The second-order valence-electron chi connectivity index (χ2n) is 9.83. The first-order valence-electron chi connectivity index (χ1n) is 10.4. The lowest BCUT2D eigenvalue weighted by molar-refractivity contribution is -0.166. The molecule has 1 fully saturated rings. The molecule has 4 nitrogen and oxygen atoms in total. The van der Waals surface area contributed by atoms with E-state index in [2.05, 4.69) is 31.4 Å². The Labute approximate surface area is 172 Å². The van der Waals surface area contributed by atoms with Crippen LogP contribution < -0.4 is 0 Å². The van der Waals surface area contributed by atoms with Crippen molar-refractivity contribution in [3.63, 3.8) is 0 Å². The molecule has 28 heavy (non-hydrogen) atoms. The number of allylic oxidation sites excluding steroid dienone is 2. The van der Waals surface area contributed by atoms with Crippen molar-refractivity contribution in [2.75, 3.05) is 13.1 Å². The predicted octanol–water partition coefficient (Wildman–Crippen LogP) is 5.65. The van der Waals surface area contributed by atoms with E-state index in [1.54, 1.807) is 0 Å². The van der Waals surface area contributed by atoms with E-state index in [9.17, 15) is 4.79 Å². The summed E-state index contributed by atoms with van der Waals surface area (Å²) >= 11 is 0. The van der Waals surface area contributed by atoms with Gasteiger partial charge in [-0.25, -0.2) is 4.79 Å². The van der Waals surface area contributed by atoms with Crippen LogP contribution in [0.15, 0.2) is 35.6 Å². The molecular formula is C24H41NO3. The van der Waals surface area contributed by atoms with Gasteiger partial charge >= 0.3 is 5.97 Å². The molecule has 0 spiro atoms. The van der Waals surface area contributed by atoms with Gasteiger partial charge in [0.1, 0.15) is 0 Å². The average Bonchev–Trinajstić information content (AvgIpc) is 2.51.